The first-order valence-corrected chi connectivity index (χ1v) is 7.40. The van der Waals surface area contributed by atoms with Gasteiger partial charge < -0.3 is 13.9 Å². The molecule has 1 aliphatic rings. The van der Waals surface area contributed by atoms with Gasteiger partial charge in [0.05, 0.1) is 11.2 Å². The smallest absolute Gasteiger partial charge is 0.399 e. The van der Waals surface area contributed by atoms with Gasteiger partial charge in [-0.25, -0.2) is 0 Å². The van der Waals surface area contributed by atoms with Crippen LogP contribution in [-0.4, -0.2) is 22.9 Å². The van der Waals surface area contributed by atoms with Crippen LogP contribution < -0.4 is 5.46 Å². The van der Waals surface area contributed by atoms with Gasteiger partial charge >= 0.3 is 7.12 Å². The first-order chi connectivity index (χ1) is 9.80. The molecule has 0 spiro atoms. The molecule has 1 aliphatic heterocycles. The second kappa shape index (κ2) is 4.75. The quantitative estimate of drug-likeness (QED) is 0.791. The summed E-state index contributed by atoms with van der Waals surface area (Å²) in [6.45, 7) is 10.4. The van der Waals surface area contributed by atoms with Crippen molar-refractivity contribution in [3.05, 3.63) is 48.3 Å². The van der Waals surface area contributed by atoms with Crippen LogP contribution in [0, 0.1) is 6.92 Å². The molecule has 21 heavy (non-hydrogen) atoms. The minimum Gasteiger partial charge on any atom is -0.399 e. The average Bonchev–Trinajstić information content (AvgIpc) is 2.96. The maximum Gasteiger partial charge on any atom is 0.494 e. The van der Waals surface area contributed by atoms with E-state index in [1.165, 1.54) is 11.3 Å². The lowest BCUT2D eigenvalue weighted by molar-refractivity contribution is 0.00578. The van der Waals surface area contributed by atoms with Crippen LogP contribution in [0.1, 0.15) is 33.3 Å². The summed E-state index contributed by atoms with van der Waals surface area (Å²) in [7, 11) is -0.299. The number of nitrogens with zero attached hydrogens (tertiary/aromatic N) is 1. The molecule has 1 saturated heterocycles. The van der Waals surface area contributed by atoms with E-state index >= 15 is 0 Å². The van der Waals surface area contributed by atoms with Crippen LogP contribution >= 0.6 is 0 Å². The van der Waals surface area contributed by atoms with E-state index in [-0.39, 0.29) is 18.3 Å². The molecule has 1 fully saturated rings. The van der Waals surface area contributed by atoms with Gasteiger partial charge in [-0.3, -0.25) is 0 Å². The van der Waals surface area contributed by atoms with E-state index in [9.17, 15) is 0 Å². The lowest BCUT2D eigenvalue weighted by Gasteiger charge is -2.32. The SMILES string of the molecule is Cc1cc(B2OC(C)(C)C(C)(C)O2)ccc1-n1cccc1. The summed E-state index contributed by atoms with van der Waals surface area (Å²) in [5.74, 6) is 0. The predicted molar refractivity (Wildman–Crippen MR) is 86.2 cm³/mol. The zero-order chi connectivity index (χ0) is 15.3. The summed E-state index contributed by atoms with van der Waals surface area (Å²) in [6.07, 6.45) is 4.10. The third-order valence-corrected chi connectivity index (χ3v) is 4.63. The van der Waals surface area contributed by atoms with Crippen molar-refractivity contribution in [2.24, 2.45) is 0 Å². The highest BCUT2D eigenvalue weighted by Gasteiger charge is 2.51. The lowest BCUT2D eigenvalue weighted by Crippen LogP contribution is -2.41. The molecule has 4 heteroatoms. The summed E-state index contributed by atoms with van der Waals surface area (Å²) in [6, 6.07) is 10.4. The Hall–Kier alpha value is -1.52. The Morgan fingerprint density at radius 1 is 0.952 bits per heavy atom. The van der Waals surface area contributed by atoms with Crippen molar-refractivity contribution < 1.29 is 9.31 Å². The Kier molecular flexibility index (Phi) is 3.26. The van der Waals surface area contributed by atoms with Gasteiger partial charge in [0.2, 0.25) is 0 Å². The number of benzene rings is 1. The van der Waals surface area contributed by atoms with E-state index in [2.05, 4.69) is 69.8 Å². The number of hydrogen-bond acceptors (Lipinski definition) is 2. The standard InChI is InChI=1S/C17H22BNO2/c1-13-12-14(8-9-15(13)19-10-6-7-11-19)18-20-16(2,3)17(4,5)21-18/h6-12H,1-5H3. The van der Waals surface area contributed by atoms with Crippen LogP contribution in [-0.2, 0) is 9.31 Å². The van der Waals surface area contributed by atoms with Gasteiger partial charge in [-0.1, -0.05) is 12.1 Å². The van der Waals surface area contributed by atoms with E-state index in [1.54, 1.807) is 0 Å². The molecule has 110 valence electrons. The average molecular weight is 283 g/mol. The normalized spacial score (nSPS) is 20.0. The third kappa shape index (κ3) is 2.43. The minimum absolute atomic E-state index is 0.299. The van der Waals surface area contributed by atoms with Gasteiger partial charge in [-0.15, -0.1) is 0 Å². The molecule has 1 aromatic heterocycles. The highest BCUT2D eigenvalue weighted by Crippen LogP contribution is 2.36. The maximum atomic E-state index is 6.11. The van der Waals surface area contributed by atoms with Crippen molar-refractivity contribution >= 4 is 12.6 Å². The van der Waals surface area contributed by atoms with Crippen molar-refractivity contribution in [2.75, 3.05) is 0 Å². The monoisotopic (exact) mass is 283 g/mol. The summed E-state index contributed by atoms with van der Waals surface area (Å²) >= 11 is 0. The number of aromatic nitrogens is 1. The molecular formula is C17H22BNO2. The number of rotatable bonds is 2. The van der Waals surface area contributed by atoms with Gasteiger partial charge in [-0.2, -0.15) is 0 Å². The predicted octanol–water partition coefficient (Wildman–Crippen LogP) is 3.08. The Balaban J connectivity index is 1.90. The van der Waals surface area contributed by atoms with E-state index in [0.29, 0.717) is 0 Å². The Bertz CT molecular complexity index is 631. The van der Waals surface area contributed by atoms with Gasteiger partial charge in [0, 0.05) is 18.1 Å². The lowest BCUT2D eigenvalue weighted by atomic mass is 9.78. The molecule has 0 bridgehead atoms. The maximum absolute atomic E-state index is 6.11. The van der Waals surface area contributed by atoms with Crippen molar-refractivity contribution in [3.8, 4) is 5.69 Å². The Morgan fingerprint density at radius 2 is 1.52 bits per heavy atom. The minimum atomic E-state index is -0.301. The molecule has 2 heterocycles. The molecule has 0 N–H and O–H groups in total. The van der Waals surface area contributed by atoms with Crippen LogP contribution in [0.25, 0.3) is 5.69 Å². The van der Waals surface area contributed by atoms with Crippen LogP contribution in [0.15, 0.2) is 42.7 Å². The first kappa shape index (κ1) is 14.4. The van der Waals surface area contributed by atoms with Crippen LogP contribution in [0.5, 0.6) is 0 Å². The zero-order valence-electron chi connectivity index (χ0n) is 13.4. The Labute approximate surface area is 127 Å². The van der Waals surface area contributed by atoms with Gasteiger partial charge in [0.1, 0.15) is 0 Å². The highest BCUT2D eigenvalue weighted by molar-refractivity contribution is 6.62. The van der Waals surface area contributed by atoms with Crippen LogP contribution in [0.2, 0.25) is 0 Å². The summed E-state index contributed by atoms with van der Waals surface area (Å²) in [4.78, 5) is 0. The van der Waals surface area contributed by atoms with E-state index in [0.717, 1.165) is 5.46 Å². The number of hydrogen-bond donors (Lipinski definition) is 0. The summed E-state index contributed by atoms with van der Waals surface area (Å²) < 4.78 is 14.3. The molecule has 0 atom stereocenters. The molecule has 3 rings (SSSR count). The van der Waals surface area contributed by atoms with Crippen molar-refractivity contribution in [3.63, 3.8) is 0 Å². The summed E-state index contributed by atoms with van der Waals surface area (Å²) in [5, 5.41) is 0. The Morgan fingerprint density at radius 3 is 2.05 bits per heavy atom. The van der Waals surface area contributed by atoms with E-state index in [1.807, 2.05) is 12.1 Å². The number of aryl methyl sites for hydroxylation is 1. The molecule has 2 aromatic rings. The molecule has 0 unspecified atom stereocenters. The second-order valence-electron chi connectivity index (χ2n) is 6.72. The third-order valence-electron chi connectivity index (χ3n) is 4.63. The molecule has 0 saturated carbocycles. The fourth-order valence-electron chi connectivity index (χ4n) is 2.59. The van der Waals surface area contributed by atoms with Gasteiger partial charge in [0.25, 0.3) is 0 Å². The highest BCUT2D eigenvalue weighted by atomic mass is 16.7. The van der Waals surface area contributed by atoms with Gasteiger partial charge in [0.15, 0.2) is 0 Å². The van der Waals surface area contributed by atoms with Gasteiger partial charge in [-0.05, 0) is 63.8 Å². The van der Waals surface area contributed by atoms with Crippen LogP contribution in [0.3, 0.4) is 0 Å². The van der Waals surface area contributed by atoms with Crippen molar-refractivity contribution in [2.45, 2.75) is 45.8 Å². The van der Waals surface area contributed by atoms with E-state index < -0.39 is 0 Å². The fourth-order valence-corrected chi connectivity index (χ4v) is 2.59. The molecule has 1 aromatic carbocycles. The molecule has 0 amide bonds. The van der Waals surface area contributed by atoms with Crippen LogP contribution in [0.4, 0.5) is 0 Å². The van der Waals surface area contributed by atoms with E-state index in [4.69, 9.17) is 9.31 Å². The summed E-state index contributed by atoms with van der Waals surface area (Å²) in [5.41, 5.74) is 2.86. The zero-order valence-corrected chi connectivity index (χ0v) is 13.4. The molecule has 0 aliphatic carbocycles. The molecule has 3 nitrogen and oxygen atoms in total. The molecular weight excluding hydrogens is 261 g/mol. The second-order valence-corrected chi connectivity index (χ2v) is 6.72. The van der Waals surface area contributed by atoms with Crippen molar-refractivity contribution in [1.29, 1.82) is 0 Å². The topological polar surface area (TPSA) is 23.4 Å². The fraction of sp³-hybridized carbons (Fsp3) is 0.412. The van der Waals surface area contributed by atoms with Crippen molar-refractivity contribution in [1.82, 2.24) is 4.57 Å². The largest absolute Gasteiger partial charge is 0.494 e. The first-order valence-electron chi connectivity index (χ1n) is 7.40. The molecule has 0 radical (unpaired) electrons.